The number of ether oxygens (including phenoxy) is 2. The third kappa shape index (κ3) is 5.52. The molecule has 3 aromatic rings. The molecule has 0 spiro atoms. The summed E-state index contributed by atoms with van der Waals surface area (Å²) in [5, 5.41) is 12.4. The molecule has 6 nitrogen and oxygen atoms in total. The van der Waals surface area contributed by atoms with E-state index < -0.39 is 0 Å². The van der Waals surface area contributed by atoms with Crippen LogP contribution in [-0.4, -0.2) is 30.3 Å². The largest absolute Gasteiger partial charge is 0.497 e. The number of rotatable bonds is 8. The van der Waals surface area contributed by atoms with Crippen LogP contribution in [0, 0.1) is 0 Å². The van der Waals surface area contributed by atoms with Crippen molar-refractivity contribution < 1.29 is 14.3 Å². The lowest BCUT2D eigenvalue weighted by atomic mass is 10.1. The number of carbonyl (C=O) groups is 1. The zero-order chi connectivity index (χ0) is 19.1. The van der Waals surface area contributed by atoms with E-state index in [4.69, 9.17) is 9.47 Å². The number of methoxy groups -OCH3 is 2. The summed E-state index contributed by atoms with van der Waals surface area (Å²) in [7, 11) is 3.27. The lowest BCUT2D eigenvalue weighted by Crippen LogP contribution is -2.12. The second kappa shape index (κ2) is 9.14. The van der Waals surface area contributed by atoms with Crippen molar-refractivity contribution in [2.75, 3.05) is 19.5 Å². The highest BCUT2D eigenvalue weighted by Crippen LogP contribution is 2.20. The van der Waals surface area contributed by atoms with Gasteiger partial charge < -0.3 is 14.8 Å². The van der Waals surface area contributed by atoms with Crippen LogP contribution in [0.15, 0.2) is 48.5 Å². The van der Waals surface area contributed by atoms with E-state index in [0.717, 1.165) is 27.6 Å². The summed E-state index contributed by atoms with van der Waals surface area (Å²) in [5.74, 6) is 1.56. The van der Waals surface area contributed by atoms with Gasteiger partial charge in [0.1, 0.15) is 16.5 Å². The summed E-state index contributed by atoms with van der Waals surface area (Å²) in [5.41, 5.74) is 2.20. The van der Waals surface area contributed by atoms with Crippen molar-refractivity contribution in [1.29, 1.82) is 0 Å². The Morgan fingerprint density at radius 2 is 1.52 bits per heavy atom. The Balaban J connectivity index is 1.49. The number of amides is 1. The van der Waals surface area contributed by atoms with Crippen LogP contribution in [-0.2, 0) is 17.6 Å². The molecule has 0 aliphatic rings. The molecule has 140 valence electrons. The predicted octanol–water partition coefficient (Wildman–Crippen LogP) is 3.72. The molecule has 1 aromatic heterocycles. The van der Waals surface area contributed by atoms with Gasteiger partial charge in [0, 0.05) is 12.8 Å². The fourth-order valence-corrected chi connectivity index (χ4v) is 3.32. The fraction of sp³-hybridized carbons (Fsp3) is 0.250. The van der Waals surface area contributed by atoms with E-state index in [9.17, 15) is 4.79 Å². The van der Waals surface area contributed by atoms with Crippen LogP contribution in [0.3, 0.4) is 0 Å². The van der Waals surface area contributed by atoms with Gasteiger partial charge in [0.2, 0.25) is 11.0 Å². The summed E-state index contributed by atoms with van der Waals surface area (Å²) in [6.07, 6.45) is 1.72. The third-order valence-electron chi connectivity index (χ3n) is 4.03. The molecule has 7 heteroatoms. The molecule has 0 bridgehead atoms. The Labute approximate surface area is 162 Å². The van der Waals surface area contributed by atoms with Gasteiger partial charge in [-0.3, -0.25) is 4.79 Å². The Bertz CT molecular complexity index is 876. The van der Waals surface area contributed by atoms with Crippen LogP contribution in [0.1, 0.15) is 22.6 Å². The van der Waals surface area contributed by atoms with Gasteiger partial charge in [-0.25, -0.2) is 0 Å². The second-order valence-corrected chi connectivity index (χ2v) is 6.98. The topological polar surface area (TPSA) is 73.3 Å². The molecule has 1 amide bonds. The first kappa shape index (κ1) is 18.8. The number of carbonyl (C=O) groups excluding carboxylic acids is 1. The van der Waals surface area contributed by atoms with Gasteiger partial charge in [0.25, 0.3) is 0 Å². The van der Waals surface area contributed by atoms with Gasteiger partial charge in [0.15, 0.2) is 0 Å². The maximum atomic E-state index is 12.1. The number of aryl methyl sites for hydroxylation is 1. The normalized spacial score (nSPS) is 10.4. The van der Waals surface area contributed by atoms with Gasteiger partial charge >= 0.3 is 0 Å². The van der Waals surface area contributed by atoms with Crippen molar-refractivity contribution in [3.05, 3.63) is 64.7 Å². The molecule has 0 radical (unpaired) electrons. The SMILES string of the molecule is COc1ccc(CCC(=O)Nc2nnc(Cc3ccc(OC)cc3)s2)cc1. The van der Waals surface area contributed by atoms with E-state index in [2.05, 4.69) is 15.5 Å². The summed E-state index contributed by atoms with van der Waals surface area (Å²) >= 11 is 1.39. The number of hydrogen-bond acceptors (Lipinski definition) is 6. The van der Waals surface area contributed by atoms with E-state index >= 15 is 0 Å². The van der Waals surface area contributed by atoms with E-state index in [-0.39, 0.29) is 5.91 Å². The minimum atomic E-state index is -0.0713. The van der Waals surface area contributed by atoms with E-state index in [0.29, 0.717) is 24.4 Å². The molecule has 2 aromatic carbocycles. The van der Waals surface area contributed by atoms with Crippen molar-refractivity contribution in [2.24, 2.45) is 0 Å². The fourth-order valence-electron chi connectivity index (χ4n) is 2.53. The Hall–Kier alpha value is -2.93. The monoisotopic (exact) mass is 383 g/mol. The lowest BCUT2D eigenvalue weighted by molar-refractivity contribution is -0.116. The van der Waals surface area contributed by atoms with Gasteiger partial charge in [-0.1, -0.05) is 35.6 Å². The molecule has 27 heavy (non-hydrogen) atoms. The Morgan fingerprint density at radius 3 is 2.11 bits per heavy atom. The van der Waals surface area contributed by atoms with Crippen molar-refractivity contribution in [1.82, 2.24) is 10.2 Å². The molecule has 0 atom stereocenters. The predicted molar refractivity (Wildman–Crippen MR) is 106 cm³/mol. The number of nitrogens with one attached hydrogen (secondary N) is 1. The molecule has 0 fully saturated rings. The van der Waals surface area contributed by atoms with Crippen LogP contribution >= 0.6 is 11.3 Å². The van der Waals surface area contributed by atoms with Crippen LogP contribution in [0.25, 0.3) is 0 Å². The number of benzene rings is 2. The van der Waals surface area contributed by atoms with Gasteiger partial charge in [-0.2, -0.15) is 0 Å². The molecular formula is C20H21N3O3S. The highest BCUT2D eigenvalue weighted by Gasteiger charge is 2.09. The summed E-state index contributed by atoms with van der Waals surface area (Å²) < 4.78 is 10.3. The minimum Gasteiger partial charge on any atom is -0.497 e. The van der Waals surface area contributed by atoms with E-state index in [1.165, 1.54) is 11.3 Å². The standard InChI is InChI=1S/C20H21N3O3S/c1-25-16-8-3-14(4-9-16)7-12-18(24)21-20-23-22-19(27-20)13-15-5-10-17(26-2)11-6-15/h3-6,8-11H,7,12-13H2,1-2H3,(H,21,23,24). The first-order valence-electron chi connectivity index (χ1n) is 8.54. The Morgan fingerprint density at radius 1 is 0.926 bits per heavy atom. The average molecular weight is 383 g/mol. The van der Waals surface area contributed by atoms with Gasteiger partial charge in [0.05, 0.1) is 14.2 Å². The number of aromatic nitrogens is 2. The second-order valence-electron chi connectivity index (χ2n) is 5.92. The van der Waals surface area contributed by atoms with Crippen molar-refractivity contribution in [3.63, 3.8) is 0 Å². The summed E-state index contributed by atoms with van der Waals surface area (Å²) in [4.78, 5) is 12.1. The summed E-state index contributed by atoms with van der Waals surface area (Å²) in [6.45, 7) is 0. The van der Waals surface area contributed by atoms with Crippen LogP contribution in [0.2, 0.25) is 0 Å². The van der Waals surface area contributed by atoms with Gasteiger partial charge in [-0.15, -0.1) is 10.2 Å². The Kier molecular flexibility index (Phi) is 6.38. The van der Waals surface area contributed by atoms with Crippen LogP contribution in [0.4, 0.5) is 5.13 Å². The summed E-state index contributed by atoms with van der Waals surface area (Å²) in [6, 6.07) is 15.5. The number of nitrogens with zero attached hydrogens (tertiary/aromatic N) is 2. The molecule has 0 saturated carbocycles. The molecule has 1 N–H and O–H groups in total. The minimum absolute atomic E-state index is 0.0713. The molecule has 3 rings (SSSR count). The van der Waals surface area contributed by atoms with Crippen LogP contribution < -0.4 is 14.8 Å². The number of hydrogen-bond donors (Lipinski definition) is 1. The van der Waals surface area contributed by atoms with Crippen LogP contribution in [0.5, 0.6) is 11.5 Å². The first-order chi connectivity index (χ1) is 13.2. The third-order valence-corrected chi connectivity index (χ3v) is 4.87. The maximum Gasteiger partial charge on any atom is 0.226 e. The highest BCUT2D eigenvalue weighted by molar-refractivity contribution is 7.15. The van der Waals surface area contributed by atoms with Crippen molar-refractivity contribution in [2.45, 2.75) is 19.3 Å². The smallest absolute Gasteiger partial charge is 0.226 e. The van der Waals surface area contributed by atoms with Crippen molar-refractivity contribution >= 4 is 22.4 Å². The zero-order valence-electron chi connectivity index (χ0n) is 15.3. The zero-order valence-corrected chi connectivity index (χ0v) is 16.1. The molecule has 0 aliphatic heterocycles. The highest BCUT2D eigenvalue weighted by atomic mass is 32.1. The average Bonchev–Trinajstić information content (AvgIpc) is 3.14. The molecule has 0 aliphatic carbocycles. The lowest BCUT2D eigenvalue weighted by Gasteiger charge is -2.03. The quantitative estimate of drug-likeness (QED) is 0.642. The van der Waals surface area contributed by atoms with E-state index in [1.807, 2.05) is 48.5 Å². The molecule has 1 heterocycles. The molecule has 0 unspecified atom stereocenters. The maximum absolute atomic E-state index is 12.1. The van der Waals surface area contributed by atoms with E-state index in [1.54, 1.807) is 14.2 Å². The van der Waals surface area contributed by atoms with Gasteiger partial charge in [-0.05, 0) is 41.8 Å². The first-order valence-corrected chi connectivity index (χ1v) is 9.36. The molecule has 0 saturated heterocycles. The molecular weight excluding hydrogens is 362 g/mol. The van der Waals surface area contributed by atoms with Crippen molar-refractivity contribution in [3.8, 4) is 11.5 Å². The number of anilines is 1.